The number of aromatic nitrogens is 2. The van der Waals surface area contributed by atoms with Crippen molar-refractivity contribution in [2.75, 3.05) is 5.32 Å². The highest BCUT2D eigenvalue weighted by molar-refractivity contribution is 7.00. The molecule has 1 fully saturated rings. The molecule has 0 radical (unpaired) electrons. The highest BCUT2D eigenvalue weighted by Crippen LogP contribution is 2.44. The maximum atomic E-state index is 12.6. The van der Waals surface area contributed by atoms with E-state index >= 15 is 0 Å². The summed E-state index contributed by atoms with van der Waals surface area (Å²) in [6.45, 7) is 0. The van der Waals surface area contributed by atoms with Crippen LogP contribution in [0.1, 0.15) is 24.8 Å². The fourth-order valence-electron chi connectivity index (χ4n) is 3.43. The maximum Gasteiger partial charge on any atom is 0.323 e. The van der Waals surface area contributed by atoms with Gasteiger partial charge in [0.1, 0.15) is 22.4 Å². The highest BCUT2D eigenvalue weighted by atomic mass is 32.1. The molecule has 2 amide bonds. The van der Waals surface area contributed by atoms with Crippen LogP contribution in [0.15, 0.2) is 48.5 Å². The highest BCUT2D eigenvalue weighted by Gasteiger charge is 2.41. The first-order valence-corrected chi connectivity index (χ1v) is 9.26. The number of urea groups is 1. The van der Waals surface area contributed by atoms with Gasteiger partial charge >= 0.3 is 6.03 Å². The number of carbonyl (C=O) groups is 1. The minimum atomic E-state index is -0.303. The zero-order chi connectivity index (χ0) is 17.6. The molecule has 0 bridgehead atoms. The Labute approximate surface area is 154 Å². The van der Waals surface area contributed by atoms with Gasteiger partial charge in [0.25, 0.3) is 0 Å². The number of nitrogens with zero attached hydrogens (tertiary/aromatic N) is 2. The molecule has 1 aromatic heterocycles. The summed E-state index contributed by atoms with van der Waals surface area (Å²) in [5.41, 5.74) is 3.52. The van der Waals surface area contributed by atoms with Crippen molar-refractivity contribution in [1.29, 1.82) is 0 Å². The van der Waals surface area contributed by atoms with Crippen molar-refractivity contribution in [3.63, 3.8) is 0 Å². The lowest BCUT2D eigenvalue weighted by atomic mass is 9.77. The van der Waals surface area contributed by atoms with Crippen LogP contribution in [-0.2, 0) is 0 Å². The average molecular weight is 364 g/mol. The van der Waals surface area contributed by atoms with E-state index < -0.39 is 0 Å². The molecule has 6 nitrogen and oxygen atoms in total. The third-order valence-electron chi connectivity index (χ3n) is 4.88. The molecule has 2 N–H and O–H groups in total. The maximum absolute atomic E-state index is 12.6. The van der Waals surface area contributed by atoms with Crippen LogP contribution in [0.3, 0.4) is 0 Å². The second-order valence-electron chi connectivity index (χ2n) is 6.59. The third kappa shape index (κ3) is 2.52. The zero-order valence-electron chi connectivity index (χ0n) is 13.9. The van der Waals surface area contributed by atoms with E-state index in [1.807, 2.05) is 48.5 Å². The fourth-order valence-corrected chi connectivity index (χ4v) is 3.97. The van der Waals surface area contributed by atoms with Gasteiger partial charge in [0, 0.05) is 5.56 Å². The van der Waals surface area contributed by atoms with Crippen molar-refractivity contribution < 1.29 is 9.53 Å². The van der Waals surface area contributed by atoms with Crippen molar-refractivity contribution in [3.05, 3.63) is 54.1 Å². The van der Waals surface area contributed by atoms with E-state index in [9.17, 15) is 4.79 Å². The van der Waals surface area contributed by atoms with Crippen LogP contribution in [0.2, 0.25) is 0 Å². The van der Waals surface area contributed by atoms with E-state index in [-0.39, 0.29) is 11.6 Å². The predicted octanol–water partition coefficient (Wildman–Crippen LogP) is 4.17. The standard InChI is InChI=1S/C19H16N4O2S/c24-18(20-13-6-3-7-14-17(13)23-26-22-14)21-15-11-19(9-4-10-19)25-16-8-2-1-5-12(15)16/h1-3,5-8,11H,4,9-10H2,(H2,20,21,24). The van der Waals surface area contributed by atoms with Crippen LogP contribution < -0.4 is 15.4 Å². The SMILES string of the molecule is O=C(NC1=CC2(CCC2)Oc2ccccc21)Nc1cccc2nsnc12. The number of ether oxygens (including phenoxy) is 1. The molecule has 7 heteroatoms. The summed E-state index contributed by atoms with van der Waals surface area (Å²) in [6.07, 6.45) is 5.12. The molecule has 1 saturated carbocycles. The summed E-state index contributed by atoms with van der Waals surface area (Å²) in [4.78, 5) is 12.6. The summed E-state index contributed by atoms with van der Waals surface area (Å²) in [5, 5.41) is 5.88. The fraction of sp³-hybridized carbons (Fsp3) is 0.211. The Bertz CT molecular complexity index is 1040. The number of para-hydroxylation sites is 1. The number of hydrogen-bond donors (Lipinski definition) is 2. The van der Waals surface area contributed by atoms with Gasteiger partial charge in [-0.3, -0.25) is 0 Å². The molecule has 5 rings (SSSR count). The molecule has 2 aromatic carbocycles. The summed E-state index contributed by atoms with van der Waals surface area (Å²) in [6, 6.07) is 13.0. The molecule has 0 atom stereocenters. The van der Waals surface area contributed by atoms with Crippen molar-refractivity contribution in [1.82, 2.24) is 14.1 Å². The first-order chi connectivity index (χ1) is 12.7. The minimum absolute atomic E-state index is 0.282. The van der Waals surface area contributed by atoms with Gasteiger partial charge in [-0.25, -0.2) is 4.79 Å². The van der Waals surface area contributed by atoms with Crippen LogP contribution in [0.5, 0.6) is 5.75 Å². The summed E-state index contributed by atoms with van der Waals surface area (Å²) in [7, 11) is 0. The molecule has 2 heterocycles. The van der Waals surface area contributed by atoms with E-state index in [1.165, 1.54) is 0 Å². The average Bonchev–Trinajstić information content (AvgIpc) is 3.10. The van der Waals surface area contributed by atoms with Gasteiger partial charge in [-0.1, -0.05) is 18.2 Å². The second kappa shape index (κ2) is 5.81. The van der Waals surface area contributed by atoms with Gasteiger partial charge in [0.05, 0.1) is 23.1 Å². The zero-order valence-corrected chi connectivity index (χ0v) is 14.7. The molecule has 1 aliphatic heterocycles. The van der Waals surface area contributed by atoms with Gasteiger partial charge in [0.2, 0.25) is 0 Å². The molecule has 3 aromatic rings. The Morgan fingerprint density at radius 3 is 2.81 bits per heavy atom. The summed E-state index contributed by atoms with van der Waals surface area (Å²) >= 11 is 1.13. The smallest absolute Gasteiger partial charge is 0.323 e. The molecular formula is C19H16N4O2S. The van der Waals surface area contributed by atoms with Gasteiger partial charge in [0.15, 0.2) is 0 Å². The minimum Gasteiger partial charge on any atom is -0.482 e. The number of hydrogen-bond acceptors (Lipinski definition) is 5. The van der Waals surface area contributed by atoms with Gasteiger partial charge in [-0.15, -0.1) is 0 Å². The van der Waals surface area contributed by atoms with E-state index in [0.717, 1.165) is 53.5 Å². The van der Waals surface area contributed by atoms with Crippen molar-refractivity contribution >= 4 is 40.2 Å². The molecule has 130 valence electrons. The van der Waals surface area contributed by atoms with Crippen LogP contribution in [0, 0.1) is 0 Å². The van der Waals surface area contributed by atoms with Gasteiger partial charge in [-0.2, -0.15) is 8.75 Å². The summed E-state index contributed by atoms with van der Waals surface area (Å²) in [5.74, 6) is 0.816. The molecule has 1 spiro atoms. The largest absolute Gasteiger partial charge is 0.482 e. The number of benzene rings is 2. The van der Waals surface area contributed by atoms with Gasteiger partial charge in [-0.05, 0) is 49.6 Å². The van der Waals surface area contributed by atoms with Crippen LogP contribution in [0.4, 0.5) is 10.5 Å². The number of nitrogens with one attached hydrogen (secondary N) is 2. The normalized spacial score (nSPS) is 17.0. The van der Waals surface area contributed by atoms with Gasteiger partial charge < -0.3 is 15.4 Å². The van der Waals surface area contributed by atoms with E-state index in [4.69, 9.17) is 4.74 Å². The molecule has 1 aliphatic carbocycles. The van der Waals surface area contributed by atoms with E-state index in [1.54, 1.807) is 0 Å². The lowest BCUT2D eigenvalue weighted by Gasteiger charge is -2.43. The van der Waals surface area contributed by atoms with E-state index in [0.29, 0.717) is 11.2 Å². The molecular weight excluding hydrogens is 348 g/mol. The van der Waals surface area contributed by atoms with Crippen molar-refractivity contribution in [3.8, 4) is 5.75 Å². The monoisotopic (exact) mass is 364 g/mol. The second-order valence-corrected chi connectivity index (χ2v) is 7.12. The number of anilines is 1. The topological polar surface area (TPSA) is 76.1 Å². The Kier molecular flexibility index (Phi) is 3.43. The first kappa shape index (κ1) is 15.3. The Hall–Kier alpha value is -2.93. The Morgan fingerprint density at radius 2 is 1.96 bits per heavy atom. The third-order valence-corrected chi connectivity index (χ3v) is 5.42. The van der Waals surface area contributed by atoms with Crippen LogP contribution in [0.25, 0.3) is 16.7 Å². The summed E-state index contributed by atoms with van der Waals surface area (Å²) < 4.78 is 14.6. The van der Waals surface area contributed by atoms with Crippen molar-refractivity contribution in [2.24, 2.45) is 0 Å². The number of amides is 2. The van der Waals surface area contributed by atoms with Crippen LogP contribution in [-0.4, -0.2) is 20.4 Å². The molecule has 0 unspecified atom stereocenters. The predicted molar refractivity (Wildman–Crippen MR) is 101 cm³/mol. The quantitative estimate of drug-likeness (QED) is 0.716. The Morgan fingerprint density at radius 1 is 1.08 bits per heavy atom. The lowest BCUT2D eigenvalue weighted by molar-refractivity contribution is 0.0372. The van der Waals surface area contributed by atoms with Crippen molar-refractivity contribution in [2.45, 2.75) is 24.9 Å². The molecule has 0 saturated heterocycles. The lowest BCUT2D eigenvalue weighted by Crippen LogP contribution is -2.44. The first-order valence-electron chi connectivity index (χ1n) is 8.53. The molecule has 26 heavy (non-hydrogen) atoms. The number of rotatable bonds is 2. The number of carbonyl (C=O) groups excluding carboxylic acids is 1. The number of fused-ring (bicyclic) bond motifs is 2. The van der Waals surface area contributed by atoms with Crippen LogP contribution >= 0.6 is 11.7 Å². The Balaban J connectivity index is 1.42. The molecule has 2 aliphatic rings. The van der Waals surface area contributed by atoms with E-state index in [2.05, 4.69) is 19.4 Å².